The Labute approximate surface area is 82.4 Å². The molecule has 5 heteroatoms. The molecule has 0 saturated heterocycles. The van der Waals surface area contributed by atoms with E-state index in [9.17, 15) is 4.79 Å². The van der Waals surface area contributed by atoms with Gasteiger partial charge in [0.2, 0.25) is 0 Å². The van der Waals surface area contributed by atoms with Crippen molar-refractivity contribution < 1.29 is 14.0 Å². The van der Waals surface area contributed by atoms with Crippen LogP contribution in [0.25, 0.3) is 0 Å². The second-order valence-electron chi connectivity index (χ2n) is 4.50. The van der Waals surface area contributed by atoms with E-state index in [1.807, 2.05) is 26.6 Å². The second kappa shape index (κ2) is 4.39. The Morgan fingerprint density at radius 2 is 1.77 bits per heavy atom. The molecule has 0 aliphatic heterocycles. The average Bonchev–Trinajstić information content (AvgIpc) is 1.82. The van der Waals surface area contributed by atoms with Crippen molar-refractivity contribution in [2.75, 3.05) is 0 Å². The first-order valence-corrected chi connectivity index (χ1v) is 10.7. The van der Waals surface area contributed by atoms with Gasteiger partial charge in [0.15, 0.2) is 8.32 Å². The van der Waals surface area contributed by atoms with Crippen molar-refractivity contribution in [1.29, 1.82) is 0 Å². The topological polar surface area (TPSA) is 46.5 Å². The van der Waals surface area contributed by atoms with Crippen molar-refractivity contribution in [1.82, 2.24) is 0 Å². The molecule has 1 atom stereocenters. The van der Waals surface area contributed by atoms with E-state index in [0.717, 1.165) is 6.42 Å². The highest BCUT2D eigenvalue weighted by molar-refractivity contribution is 7.03. The summed E-state index contributed by atoms with van der Waals surface area (Å²) in [6, 6.07) is 0.715. The molecule has 0 bridgehead atoms. The molecule has 0 aromatic heterocycles. The van der Waals surface area contributed by atoms with Gasteiger partial charge in [0.05, 0.1) is 0 Å². The lowest BCUT2D eigenvalue weighted by Gasteiger charge is -2.30. The Hall–Kier alpha value is -0.136. The van der Waals surface area contributed by atoms with Crippen molar-refractivity contribution in [3.05, 3.63) is 0 Å². The molecule has 0 amide bonds. The van der Waals surface area contributed by atoms with E-state index in [4.69, 9.17) is 9.22 Å². The van der Waals surface area contributed by atoms with Crippen LogP contribution in [0, 0.1) is 0 Å². The second-order valence-corrected chi connectivity index (χ2v) is 12.9. The lowest BCUT2D eigenvalue weighted by Crippen LogP contribution is -2.50. The summed E-state index contributed by atoms with van der Waals surface area (Å²) in [5, 5.41) is 9.09. The van der Waals surface area contributed by atoms with Gasteiger partial charge in [-0.25, -0.2) is 0 Å². The lowest BCUT2D eigenvalue weighted by molar-refractivity contribution is 0.213. The molecule has 3 nitrogen and oxygen atoms in total. The molecule has 1 unspecified atom stereocenters. The van der Waals surface area contributed by atoms with E-state index in [2.05, 4.69) is 0 Å². The van der Waals surface area contributed by atoms with Crippen LogP contribution in [0.3, 0.4) is 0 Å². The van der Waals surface area contributed by atoms with Crippen LogP contribution in [0.4, 0.5) is 4.79 Å². The van der Waals surface area contributed by atoms with E-state index in [1.54, 1.807) is 6.55 Å². The first-order valence-electron chi connectivity index (χ1n) is 4.65. The standard InChI is InChI=1S/C8H20O3Si2/c1-6-7-13(5,8(9)10)11-12(2,3)4/h6-7H2,1-5H3,(H,9,10). The molecule has 78 valence electrons. The highest BCUT2D eigenvalue weighted by atomic mass is 28.4. The normalized spacial score (nSPS) is 16.7. The molecular weight excluding hydrogens is 200 g/mol. The predicted molar refractivity (Wildman–Crippen MR) is 59.2 cm³/mol. The van der Waals surface area contributed by atoms with Gasteiger partial charge in [0, 0.05) is 0 Å². The first-order chi connectivity index (χ1) is 5.71. The minimum atomic E-state index is -2.48. The van der Waals surface area contributed by atoms with Gasteiger partial charge >= 0.3 is 13.9 Å². The SMILES string of the molecule is CCC[Si](C)(O[Si](C)(C)C)C(=O)O. The van der Waals surface area contributed by atoms with E-state index in [1.165, 1.54) is 0 Å². The van der Waals surface area contributed by atoms with Crippen LogP contribution in [0.5, 0.6) is 0 Å². The maximum atomic E-state index is 11.0. The molecule has 1 N–H and O–H groups in total. The highest BCUT2D eigenvalue weighted by Crippen LogP contribution is 2.20. The third-order valence-corrected chi connectivity index (χ3v) is 8.32. The van der Waals surface area contributed by atoms with E-state index in [-0.39, 0.29) is 0 Å². The Bertz CT molecular complexity index is 188. The predicted octanol–water partition coefficient (Wildman–Crippen LogP) is 3.08. The zero-order valence-electron chi connectivity index (χ0n) is 9.18. The summed E-state index contributed by atoms with van der Waals surface area (Å²) in [4.78, 5) is 11.0. The smallest absolute Gasteiger partial charge is 0.304 e. The summed E-state index contributed by atoms with van der Waals surface area (Å²) in [6.07, 6.45) is 0.888. The van der Waals surface area contributed by atoms with Crippen molar-refractivity contribution in [2.24, 2.45) is 0 Å². The molecule has 0 radical (unpaired) electrons. The Balaban J connectivity index is 4.51. The monoisotopic (exact) mass is 220 g/mol. The van der Waals surface area contributed by atoms with Crippen molar-refractivity contribution >= 4 is 22.2 Å². The summed E-state index contributed by atoms with van der Waals surface area (Å²) < 4.78 is 5.81. The number of hydrogen-bond donors (Lipinski definition) is 1. The van der Waals surface area contributed by atoms with Gasteiger partial charge in [-0.1, -0.05) is 13.3 Å². The van der Waals surface area contributed by atoms with Crippen molar-refractivity contribution in [2.45, 2.75) is 45.6 Å². The number of carboxylic acid groups (broad SMARTS) is 1. The zero-order chi connectivity index (χ0) is 10.7. The molecule has 0 aliphatic carbocycles. The van der Waals surface area contributed by atoms with Crippen molar-refractivity contribution in [3.8, 4) is 0 Å². The van der Waals surface area contributed by atoms with Gasteiger partial charge in [-0.2, -0.15) is 0 Å². The molecular formula is C8H20O3Si2. The van der Waals surface area contributed by atoms with Gasteiger partial charge in [-0.05, 0) is 32.2 Å². The minimum absolute atomic E-state index is 0.711. The van der Waals surface area contributed by atoms with Gasteiger partial charge < -0.3 is 9.22 Å². The lowest BCUT2D eigenvalue weighted by atomic mass is 10.6. The fourth-order valence-corrected chi connectivity index (χ4v) is 8.69. The minimum Gasteiger partial charge on any atom is -0.484 e. The zero-order valence-corrected chi connectivity index (χ0v) is 11.2. The molecule has 13 heavy (non-hydrogen) atoms. The molecule has 0 aliphatic rings. The third-order valence-electron chi connectivity index (χ3n) is 1.71. The van der Waals surface area contributed by atoms with Gasteiger partial charge in [0.1, 0.15) is 0 Å². The van der Waals surface area contributed by atoms with Crippen LogP contribution < -0.4 is 0 Å². The van der Waals surface area contributed by atoms with Crippen LogP contribution >= 0.6 is 0 Å². The summed E-state index contributed by atoms with van der Waals surface area (Å²) in [7, 11) is -4.20. The van der Waals surface area contributed by atoms with E-state index < -0.39 is 22.2 Å². The molecule has 0 rings (SSSR count). The molecule has 0 heterocycles. The number of carbonyl (C=O) groups is 1. The van der Waals surface area contributed by atoms with Crippen LogP contribution in [-0.4, -0.2) is 27.3 Å². The Kier molecular flexibility index (Phi) is 4.34. The number of rotatable bonds is 5. The maximum absolute atomic E-state index is 11.0. The summed E-state index contributed by atoms with van der Waals surface area (Å²) in [5.74, 6) is 0. The van der Waals surface area contributed by atoms with Crippen LogP contribution in [0.1, 0.15) is 13.3 Å². The molecule has 0 aromatic rings. The van der Waals surface area contributed by atoms with Crippen molar-refractivity contribution in [3.63, 3.8) is 0 Å². The van der Waals surface area contributed by atoms with Crippen LogP contribution in [0.15, 0.2) is 0 Å². The molecule has 0 saturated carbocycles. The highest BCUT2D eigenvalue weighted by Gasteiger charge is 2.41. The Morgan fingerprint density at radius 1 is 1.31 bits per heavy atom. The summed E-state index contributed by atoms with van der Waals surface area (Å²) in [6.45, 7) is 9.92. The quantitative estimate of drug-likeness (QED) is 0.724. The van der Waals surface area contributed by atoms with E-state index >= 15 is 0 Å². The van der Waals surface area contributed by atoms with E-state index in [0.29, 0.717) is 6.04 Å². The first kappa shape index (κ1) is 12.9. The Morgan fingerprint density at radius 3 is 2.00 bits per heavy atom. The summed E-state index contributed by atoms with van der Waals surface area (Å²) in [5.41, 5.74) is -0.711. The third kappa shape index (κ3) is 4.59. The largest absolute Gasteiger partial charge is 0.484 e. The summed E-state index contributed by atoms with van der Waals surface area (Å²) >= 11 is 0. The van der Waals surface area contributed by atoms with Crippen LogP contribution in [-0.2, 0) is 4.12 Å². The molecule has 0 aromatic carbocycles. The van der Waals surface area contributed by atoms with Gasteiger partial charge in [0.25, 0.3) is 0 Å². The average molecular weight is 220 g/mol. The van der Waals surface area contributed by atoms with Gasteiger partial charge in [-0.3, -0.25) is 4.79 Å². The van der Waals surface area contributed by atoms with Crippen LogP contribution in [0.2, 0.25) is 32.2 Å². The fourth-order valence-electron chi connectivity index (χ4n) is 1.35. The fraction of sp³-hybridized carbons (Fsp3) is 0.875. The van der Waals surface area contributed by atoms with Gasteiger partial charge in [-0.15, -0.1) is 0 Å². The number of hydrogen-bond acceptors (Lipinski definition) is 2. The maximum Gasteiger partial charge on any atom is 0.304 e. The molecule has 0 spiro atoms. The molecule has 0 fully saturated rings.